The standard InChI is InChI=1S/C19H29NO/c1-5-19(6-2)17-15(18(19)20-7-3)11-9-13-8-10-14(21-4)12-16(13)17/h8,10,12,15,17-18,20H,5-7,9,11H2,1-4H3. The summed E-state index contributed by atoms with van der Waals surface area (Å²) in [6.45, 7) is 8.07. The first-order valence-corrected chi connectivity index (χ1v) is 8.62. The number of ether oxygens (including phenoxy) is 1. The van der Waals surface area contributed by atoms with Gasteiger partial charge in [-0.15, -0.1) is 0 Å². The number of methoxy groups -OCH3 is 1. The van der Waals surface area contributed by atoms with E-state index in [-0.39, 0.29) is 0 Å². The number of hydrogen-bond donors (Lipinski definition) is 1. The maximum Gasteiger partial charge on any atom is 0.119 e. The van der Waals surface area contributed by atoms with Crippen molar-refractivity contribution in [2.24, 2.45) is 11.3 Å². The highest BCUT2D eigenvalue weighted by Gasteiger charge is 2.60. The van der Waals surface area contributed by atoms with Crippen LogP contribution < -0.4 is 10.1 Å². The second-order valence-corrected chi connectivity index (χ2v) is 6.72. The Bertz CT molecular complexity index is 506. The lowest BCUT2D eigenvalue weighted by atomic mass is 9.43. The van der Waals surface area contributed by atoms with E-state index in [0.717, 1.165) is 24.1 Å². The molecule has 1 saturated carbocycles. The zero-order valence-electron chi connectivity index (χ0n) is 13.9. The smallest absolute Gasteiger partial charge is 0.119 e. The lowest BCUT2D eigenvalue weighted by molar-refractivity contribution is -0.0574. The predicted octanol–water partition coefficient (Wildman–Crippen LogP) is 4.14. The molecule has 21 heavy (non-hydrogen) atoms. The van der Waals surface area contributed by atoms with Crippen molar-refractivity contribution >= 4 is 0 Å². The molecule has 0 heterocycles. The van der Waals surface area contributed by atoms with Crippen molar-refractivity contribution in [2.45, 2.75) is 58.4 Å². The Kier molecular flexibility index (Phi) is 4.00. The summed E-state index contributed by atoms with van der Waals surface area (Å²) in [5.41, 5.74) is 3.56. The first-order valence-electron chi connectivity index (χ1n) is 8.62. The van der Waals surface area contributed by atoms with Gasteiger partial charge in [0.1, 0.15) is 5.75 Å². The Morgan fingerprint density at radius 2 is 2.00 bits per heavy atom. The molecule has 3 rings (SSSR count). The van der Waals surface area contributed by atoms with Crippen molar-refractivity contribution in [2.75, 3.05) is 13.7 Å². The number of aryl methyl sites for hydroxylation is 1. The normalized spacial score (nSPS) is 29.2. The molecular formula is C19H29NO. The molecule has 0 bridgehead atoms. The van der Waals surface area contributed by atoms with E-state index in [9.17, 15) is 0 Å². The maximum atomic E-state index is 5.48. The summed E-state index contributed by atoms with van der Waals surface area (Å²) in [6, 6.07) is 7.43. The Hall–Kier alpha value is -1.02. The van der Waals surface area contributed by atoms with Crippen molar-refractivity contribution in [1.29, 1.82) is 0 Å². The van der Waals surface area contributed by atoms with E-state index in [1.54, 1.807) is 18.2 Å². The van der Waals surface area contributed by atoms with Crippen LogP contribution in [0.15, 0.2) is 18.2 Å². The highest BCUT2D eigenvalue weighted by atomic mass is 16.5. The highest BCUT2D eigenvalue weighted by molar-refractivity contribution is 5.44. The minimum absolute atomic E-state index is 0.433. The van der Waals surface area contributed by atoms with Crippen LogP contribution in [-0.2, 0) is 6.42 Å². The fourth-order valence-corrected chi connectivity index (χ4v) is 5.24. The van der Waals surface area contributed by atoms with Gasteiger partial charge in [0.2, 0.25) is 0 Å². The molecule has 1 aromatic rings. The average Bonchev–Trinajstić information content (AvgIpc) is 2.53. The Balaban J connectivity index is 2.02. The molecule has 1 fully saturated rings. The fourth-order valence-electron chi connectivity index (χ4n) is 5.24. The van der Waals surface area contributed by atoms with Gasteiger partial charge < -0.3 is 10.1 Å². The highest BCUT2D eigenvalue weighted by Crippen LogP contribution is 2.64. The summed E-state index contributed by atoms with van der Waals surface area (Å²) in [5, 5.41) is 3.80. The topological polar surface area (TPSA) is 21.3 Å². The first kappa shape index (κ1) is 14.9. The summed E-state index contributed by atoms with van der Waals surface area (Å²) in [4.78, 5) is 0. The summed E-state index contributed by atoms with van der Waals surface area (Å²) < 4.78 is 5.48. The van der Waals surface area contributed by atoms with E-state index in [2.05, 4.69) is 44.3 Å². The van der Waals surface area contributed by atoms with Gasteiger partial charge in [0.15, 0.2) is 0 Å². The van der Waals surface area contributed by atoms with E-state index in [1.807, 2.05) is 0 Å². The van der Waals surface area contributed by atoms with Crippen molar-refractivity contribution < 1.29 is 4.74 Å². The third-order valence-corrected chi connectivity index (χ3v) is 6.27. The Labute approximate surface area is 129 Å². The van der Waals surface area contributed by atoms with Gasteiger partial charge in [-0.25, -0.2) is 0 Å². The Morgan fingerprint density at radius 3 is 2.62 bits per heavy atom. The number of nitrogens with one attached hydrogen (secondary N) is 1. The van der Waals surface area contributed by atoms with E-state index in [1.165, 1.54) is 25.7 Å². The third kappa shape index (κ3) is 2.03. The number of hydrogen-bond acceptors (Lipinski definition) is 2. The quantitative estimate of drug-likeness (QED) is 0.879. The summed E-state index contributed by atoms with van der Waals surface area (Å²) in [6.07, 6.45) is 5.09. The summed E-state index contributed by atoms with van der Waals surface area (Å²) in [7, 11) is 1.77. The Morgan fingerprint density at radius 1 is 1.24 bits per heavy atom. The van der Waals surface area contributed by atoms with Gasteiger partial charge in [-0.1, -0.05) is 26.8 Å². The van der Waals surface area contributed by atoms with Gasteiger partial charge in [0, 0.05) is 6.04 Å². The SMILES string of the molecule is CCNC1C2CCc3ccc(OC)cc3C2C1(CC)CC. The van der Waals surface area contributed by atoms with Crippen LogP contribution in [0, 0.1) is 11.3 Å². The summed E-state index contributed by atoms with van der Waals surface area (Å²) in [5.74, 6) is 2.54. The predicted molar refractivity (Wildman–Crippen MR) is 88.0 cm³/mol. The van der Waals surface area contributed by atoms with E-state index >= 15 is 0 Å². The minimum atomic E-state index is 0.433. The molecule has 0 amide bonds. The number of benzene rings is 1. The zero-order valence-corrected chi connectivity index (χ0v) is 13.9. The van der Waals surface area contributed by atoms with Gasteiger partial charge in [0.05, 0.1) is 7.11 Å². The molecule has 0 aliphatic heterocycles. The van der Waals surface area contributed by atoms with Crippen molar-refractivity contribution in [3.05, 3.63) is 29.3 Å². The monoisotopic (exact) mass is 287 g/mol. The van der Waals surface area contributed by atoms with Crippen LogP contribution in [0.3, 0.4) is 0 Å². The second kappa shape index (κ2) is 5.64. The molecule has 1 aromatic carbocycles. The molecule has 0 radical (unpaired) electrons. The van der Waals surface area contributed by atoms with Crippen molar-refractivity contribution in [3.8, 4) is 5.75 Å². The van der Waals surface area contributed by atoms with Crippen LogP contribution in [-0.4, -0.2) is 19.7 Å². The molecule has 2 aliphatic rings. The van der Waals surface area contributed by atoms with Crippen LogP contribution in [0.1, 0.15) is 57.1 Å². The van der Waals surface area contributed by atoms with E-state index < -0.39 is 0 Å². The largest absolute Gasteiger partial charge is 0.497 e. The fraction of sp³-hybridized carbons (Fsp3) is 0.684. The molecule has 3 unspecified atom stereocenters. The minimum Gasteiger partial charge on any atom is -0.497 e. The van der Waals surface area contributed by atoms with Crippen molar-refractivity contribution in [3.63, 3.8) is 0 Å². The van der Waals surface area contributed by atoms with E-state index in [4.69, 9.17) is 4.74 Å². The van der Waals surface area contributed by atoms with Crippen LogP contribution >= 0.6 is 0 Å². The molecule has 0 aromatic heterocycles. The molecular weight excluding hydrogens is 258 g/mol. The third-order valence-electron chi connectivity index (χ3n) is 6.27. The van der Waals surface area contributed by atoms with Gasteiger partial charge >= 0.3 is 0 Å². The van der Waals surface area contributed by atoms with Crippen LogP contribution in [0.25, 0.3) is 0 Å². The van der Waals surface area contributed by atoms with Crippen LogP contribution in [0.4, 0.5) is 0 Å². The molecule has 116 valence electrons. The van der Waals surface area contributed by atoms with Crippen LogP contribution in [0.2, 0.25) is 0 Å². The summed E-state index contributed by atoms with van der Waals surface area (Å²) >= 11 is 0. The average molecular weight is 287 g/mol. The van der Waals surface area contributed by atoms with Crippen molar-refractivity contribution in [1.82, 2.24) is 5.32 Å². The first-order chi connectivity index (χ1) is 10.2. The van der Waals surface area contributed by atoms with Gasteiger partial charge in [-0.2, -0.15) is 0 Å². The molecule has 0 saturated heterocycles. The van der Waals surface area contributed by atoms with Crippen LogP contribution in [0.5, 0.6) is 5.75 Å². The lowest BCUT2D eigenvalue weighted by Gasteiger charge is -2.64. The second-order valence-electron chi connectivity index (χ2n) is 6.72. The zero-order chi connectivity index (χ0) is 15.0. The molecule has 3 atom stereocenters. The number of rotatable bonds is 5. The number of fused-ring (bicyclic) bond motifs is 3. The molecule has 0 spiro atoms. The van der Waals surface area contributed by atoms with Gasteiger partial charge in [-0.05, 0) is 72.7 Å². The lowest BCUT2D eigenvalue weighted by Crippen LogP contribution is -2.65. The molecule has 2 nitrogen and oxygen atoms in total. The molecule has 2 heteroatoms. The maximum absolute atomic E-state index is 5.48. The molecule has 2 aliphatic carbocycles. The molecule has 1 N–H and O–H groups in total. The van der Waals surface area contributed by atoms with Gasteiger partial charge in [0.25, 0.3) is 0 Å². The van der Waals surface area contributed by atoms with E-state index in [0.29, 0.717) is 11.5 Å². The van der Waals surface area contributed by atoms with Gasteiger partial charge in [-0.3, -0.25) is 0 Å².